The Hall–Kier alpha value is 0.230. The minimum absolute atomic E-state index is 0.0975. The maximum absolute atomic E-state index is 9.65. The van der Waals surface area contributed by atoms with Gasteiger partial charge in [-0.15, -0.1) is 0 Å². The van der Waals surface area contributed by atoms with Gasteiger partial charge < -0.3 is 14.7 Å². The van der Waals surface area contributed by atoms with E-state index in [1.54, 1.807) is 0 Å². The molecule has 0 amide bonds. The van der Waals surface area contributed by atoms with E-state index in [0.717, 1.165) is 38.6 Å². The molecule has 0 bridgehead atoms. The zero-order chi connectivity index (χ0) is 11.4. The quantitative estimate of drug-likeness (QED) is 0.807. The van der Waals surface area contributed by atoms with Crippen molar-refractivity contribution in [2.24, 2.45) is 5.41 Å². The largest absolute Gasteiger partial charge is 0.396 e. The number of ether oxygens (including phenoxy) is 1. The van der Waals surface area contributed by atoms with Crippen LogP contribution in [0.25, 0.3) is 0 Å². The minimum atomic E-state index is 0.0975. The summed E-state index contributed by atoms with van der Waals surface area (Å²) in [6, 6.07) is 0.719. The molecule has 1 N–H and O–H groups in total. The number of aliphatic hydroxyl groups excluding tert-OH is 1. The molecule has 0 saturated carbocycles. The lowest BCUT2D eigenvalue weighted by Gasteiger charge is -2.40. The zero-order valence-corrected chi connectivity index (χ0v) is 11.0. The molecule has 1 unspecified atom stereocenters. The van der Waals surface area contributed by atoms with Gasteiger partial charge in [-0.3, -0.25) is 0 Å². The molecule has 2 aliphatic rings. The third-order valence-electron chi connectivity index (χ3n) is 4.00. The van der Waals surface area contributed by atoms with Gasteiger partial charge in [0.15, 0.2) is 0 Å². The van der Waals surface area contributed by atoms with Gasteiger partial charge >= 0.3 is 0 Å². The number of hydrogen-bond donors (Lipinski definition) is 1. The van der Waals surface area contributed by atoms with Crippen LogP contribution >= 0.6 is 11.8 Å². The second-order valence-corrected chi connectivity index (χ2v) is 6.35. The smallest absolute Gasteiger partial charge is 0.0501 e. The molecule has 0 aromatic rings. The molecular formula is C12H23NO2S. The molecule has 0 radical (unpaired) electrons. The van der Waals surface area contributed by atoms with E-state index in [9.17, 15) is 5.11 Å². The topological polar surface area (TPSA) is 32.7 Å². The van der Waals surface area contributed by atoms with Crippen LogP contribution in [0, 0.1) is 5.41 Å². The Bertz CT molecular complexity index is 213. The second kappa shape index (κ2) is 5.71. The van der Waals surface area contributed by atoms with Crippen LogP contribution in [0.4, 0.5) is 0 Å². The van der Waals surface area contributed by atoms with E-state index in [2.05, 4.69) is 23.7 Å². The number of aliphatic hydroxyl groups is 1. The summed E-state index contributed by atoms with van der Waals surface area (Å²) in [6.07, 6.45) is 3.32. The summed E-state index contributed by atoms with van der Waals surface area (Å²) in [4.78, 5) is 2.46. The predicted octanol–water partition coefficient (Wildman–Crippen LogP) is 1.21. The van der Waals surface area contributed by atoms with E-state index in [-0.39, 0.29) is 5.41 Å². The Kier molecular flexibility index (Phi) is 4.53. The first-order chi connectivity index (χ1) is 7.76. The molecular weight excluding hydrogens is 222 g/mol. The predicted molar refractivity (Wildman–Crippen MR) is 67.9 cm³/mol. The molecule has 0 aromatic heterocycles. The SMILES string of the molecule is CN(CC1(CO)CCOCC1)C1CCSC1. The molecule has 94 valence electrons. The van der Waals surface area contributed by atoms with Crippen LogP contribution in [0.3, 0.4) is 0 Å². The van der Waals surface area contributed by atoms with E-state index in [4.69, 9.17) is 4.74 Å². The Balaban J connectivity index is 1.89. The van der Waals surface area contributed by atoms with E-state index in [1.807, 2.05) is 0 Å². The number of rotatable bonds is 4. The molecule has 2 fully saturated rings. The van der Waals surface area contributed by atoms with Gasteiger partial charge in [-0.05, 0) is 32.1 Å². The molecule has 3 nitrogen and oxygen atoms in total. The highest BCUT2D eigenvalue weighted by molar-refractivity contribution is 7.99. The molecule has 2 rings (SSSR count). The zero-order valence-electron chi connectivity index (χ0n) is 10.2. The average Bonchev–Trinajstić information content (AvgIpc) is 2.84. The van der Waals surface area contributed by atoms with Gasteiger partial charge in [-0.25, -0.2) is 0 Å². The molecule has 1 atom stereocenters. The maximum atomic E-state index is 9.65. The van der Waals surface area contributed by atoms with Crippen LogP contribution in [0.5, 0.6) is 0 Å². The van der Waals surface area contributed by atoms with Crippen molar-refractivity contribution in [2.45, 2.75) is 25.3 Å². The minimum Gasteiger partial charge on any atom is -0.396 e. The van der Waals surface area contributed by atoms with Crippen LogP contribution in [-0.2, 0) is 4.74 Å². The second-order valence-electron chi connectivity index (χ2n) is 5.20. The van der Waals surface area contributed by atoms with Gasteiger partial charge in [0.1, 0.15) is 0 Å². The fourth-order valence-electron chi connectivity index (χ4n) is 2.70. The summed E-state index contributed by atoms with van der Waals surface area (Å²) in [5, 5.41) is 9.65. The van der Waals surface area contributed by atoms with Crippen LogP contribution in [0.2, 0.25) is 0 Å². The summed E-state index contributed by atoms with van der Waals surface area (Å²) in [5.74, 6) is 2.55. The van der Waals surface area contributed by atoms with Gasteiger partial charge in [0.2, 0.25) is 0 Å². The van der Waals surface area contributed by atoms with Gasteiger partial charge in [0.25, 0.3) is 0 Å². The summed E-state index contributed by atoms with van der Waals surface area (Å²) in [5.41, 5.74) is 0.0975. The van der Waals surface area contributed by atoms with Gasteiger partial charge in [-0.1, -0.05) is 0 Å². The van der Waals surface area contributed by atoms with Crippen molar-refractivity contribution in [2.75, 3.05) is 44.9 Å². The average molecular weight is 245 g/mol. The van der Waals surface area contributed by atoms with Crippen molar-refractivity contribution in [3.8, 4) is 0 Å². The van der Waals surface area contributed by atoms with Crippen LogP contribution in [0.15, 0.2) is 0 Å². The summed E-state index contributed by atoms with van der Waals surface area (Å²) >= 11 is 2.05. The lowest BCUT2D eigenvalue weighted by molar-refractivity contribution is -0.0349. The Morgan fingerprint density at radius 2 is 2.19 bits per heavy atom. The van der Waals surface area contributed by atoms with Crippen LogP contribution < -0.4 is 0 Å². The van der Waals surface area contributed by atoms with Crippen LogP contribution in [-0.4, -0.2) is 61.0 Å². The van der Waals surface area contributed by atoms with Gasteiger partial charge in [-0.2, -0.15) is 11.8 Å². The molecule has 0 aliphatic carbocycles. The first-order valence-electron chi connectivity index (χ1n) is 6.22. The molecule has 2 aliphatic heterocycles. The number of hydrogen-bond acceptors (Lipinski definition) is 4. The van der Waals surface area contributed by atoms with E-state index < -0.39 is 0 Å². The highest BCUT2D eigenvalue weighted by Crippen LogP contribution is 2.32. The monoisotopic (exact) mass is 245 g/mol. The van der Waals surface area contributed by atoms with Gasteiger partial charge in [0.05, 0.1) is 6.61 Å². The first-order valence-corrected chi connectivity index (χ1v) is 7.38. The normalized spacial score (nSPS) is 29.8. The molecule has 16 heavy (non-hydrogen) atoms. The lowest BCUT2D eigenvalue weighted by atomic mass is 9.80. The highest BCUT2D eigenvalue weighted by atomic mass is 32.2. The van der Waals surface area contributed by atoms with Crippen molar-refractivity contribution >= 4 is 11.8 Å². The molecule has 2 heterocycles. The van der Waals surface area contributed by atoms with Crippen LogP contribution in [0.1, 0.15) is 19.3 Å². The third-order valence-corrected chi connectivity index (χ3v) is 5.15. The lowest BCUT2D eigenvalue weighted by Crippen LogP contribution is -2.46. The van der Waals surface area contributed by atoms with Gasteiger partial charge in [0, 0.05) is 37.0 Å². The highest BCUT2D eigenvalue weighted by Gasteiger charge is 2.35. The molecule has 4 heteroatoms. The van der Waals surface area contributed by atoms with Crippen molar-refractivity contribution < 1.29 is 9.84 Å². The fourth-order valence-corrected chi connectivity index (χ4v) is 4.00. The molecule has 2 saturated heterocycles. The first kappa shape index (κ1) is 12.7. The maximum Gasteiger partial charge on any atom is 0.0501 e. The van der Waals surface area contributed by atoms with E-state index in [1.165, 1.54) is 17.9 Å². The standard InChI is InChI=1S/C12H23NO2S/c1-13(11-2-7-16-8-11)9-12(10-14)3-5-15-6-4-12/h11,14H,2-10H2,1H3. The Morgan fingerprint density at radius 3 is 2.75 bits per heavy atom. The van der Waals surface area contributed by atoms with E-state index >= 15 is 0 Å². The number of thioether (sulfide) groups is 1. The Labute approximate surface area is 103 Å². The fraction of sp³-hybridized carbons (Fsp3) is 1.00. The summed E-state index contributed by atoms with van der Waals surface area (Å²) in [6.45, 7) is 2.96. The van der Waals surface area contributed by atoms with Crippen molar-refractivity contribution in [1.29, 1.82) is 0 Å². The summed E-state index contributed by atoms with van der Waals surface area (Å²) < 4.78 is 5.40. The number of nitrogens with zero attached hydrogens (tertiary/aromatic N) is 1. The van der Waals surface area contributed by atoms with Crippen molar-refractivity contribution in [3.05, 3.63) is 0 Å². The Morgan fingerprint density at radius 1 is 1.44 bits per heavy atom. The molecule has 0 spiro atoms. The third kappa shape index (κ3) is 2.92. The van der Waals surface area contributed by atoms with Crippen molar-refractivity contribution in [1.82, 2.24) is 4.90 Å². The van der Waals surface area contributed by atoms with Crippen molar-refractivity contribution in [3.63, 3.8) is 0 Å². The molecule has 0 aromatic carbocycles. The summed E-state index contributed by atoms with van der Waals surface area (Å²) in [7, 11) is 2.21. The van der Waals surface area contributed by atoms with E-state index in [0.29, 0.717) is 6.61 Å².